The van der Waals surface area contributed by atoms with E-state index in [1.54, 1.807) is 23.1 Å². The second kappa shape index (κ2) is 9.40. The summed E-state index contributed by atoms with van der Waals surface area (Å²) in [7, 11) is 0. The first-order valence-electron chi connectivity index (χ1n) is 10.6. The van der Waals surface area contributed by atoms with Crippen LogP contribution in [0.25, 0.3) is 5.76 Å². The van der Waals surface area contributed by atoms with E-state index in [-0.39, 0.29) is 11.3 Å². The van der Waals surface area contributed by atoms with Gasteiger partial charge in [-0.25, -0.2) is 0 Å². The van der Waals surface area contributed by atoms with Gasteiger partial charge in [-0.1, -0.05) is 43.3 Å². The maximum Gasteiger partial charge on any atom is 0.295 e. The molecular formula is C26H25NO4S. The number of Topliss-reactive ketones (excluding diaryl/α,β-unsaturated/α-hetero) is 1. The molecule has 1 fully saturated rings. The lowest BCUT2D eigenvalue weighted by Gasteiger charge is -2.25. The Bertz CT molecular complexity index is 1150. The zero-order valence-electron chi connectivity index (χ0n) is 18.1. The molecule has 1 aliphatic rings. The van der Waals surface area contributed by atoms with Crippen LogP contribution in [-0.4, -0.2) is 28.3 Å². The van der Waals surface area contributed by atoms with Gasteiger partial charge in [0.15, 0.2) is 0 Å². The van der Waals surface area contributed by atoms with Crippen molar-refractivity contribution in [2.45, 2.75) is 32.9 Å². The van der Waals surface area contributed by atoms with Crippen molar-refractivity contribution in [3.63, 3.8) is 0 Å². The Kier molecular flexibility index (Phi) is 6.42. The fraction of sp³-hybridized carbons (Fsp3) is 0.231. The molecule has 1 aromatic heterocycles. The van der Waals surface area contributed by atoms with Crippen LogP contribution in [0, 0.1) is 6.92 Å². The molecule has 3 aromatic rings. The highest BCUT2D eigenvalue weighted by Crippen LogP contribution is 2.40. The number of aryl methyl sites for hydroxylation is 1. The van der Waals surface area contributed by atoms with Crippen molar-refractivity contribution in [1.82, 2.24) is 4.90 Å². The summed E-state index contributed by atoms with van der Waals surface area (Å²) >= 11 is 1.53. The summed E-state index contributed by atoms with van der Waals surface area (Å²) in [6, 6.07) is 17.9. The summed E-state index contributed by atoms with van der Waals surface area (Å²) in [6.07, 6.45) is 0.895. The quantitative estimate of drug-likeness (QED) is 0.296. The number of aliphatic hydroxyl groups excluding tert-OH is 1. The number of likely N-dealkylation sites (tertiary alicyclic amines) is 1. The van der Waals surface area contributed by atoms with Gasteiger partial charge in [0, 0.05) is 10.4 Å². The molecule has 1 atom stereocenters. The lowest BCUT2D eigenvalue weighted by Crippen LogP contribution is -2.28. The van der Waals surface area contributed by atoms with Crippen LogP contribution in [0.1, 0.15) is 41.0 Å². The first-order valence-corrected chi connectivity index (χ1v) is 11.5. The van der Waals surface area contributed by atoms with Gasteiger partial charge in [-0.05, 0) is 54.1 Å². The second-order valence-electron chi connectivity index (χ2n) is 7.75. The van der Waals surface area contributed by atoms with Crippen LogP contribution in [0.4, 0.5) is 0 Å². The molecule has 164 valence electrons. The van der Waals surface area contributed by atoms with Gasteiger partial charge in [-0.15, -0.1) is 11.3 Å². The Labute approximate surface area is 191 Å². The van der Waals surface area contributed by atoms with Crippen LogP contribution in [0.5, 0.6) is 5.75 Å². The smallest absolute Gasteiger partial charge is 0.295 e. The number of hydrogen-bond acceptors (Lipinski definition) is 5. The van der Waals surface area contributed by atoms with Crippen molar-refractivity contribution in [1.29, 1.82) is 0 Å². The number of ether oxygens (including phenoxy) is 1. The van der Waals surface area contributed by atoms with Crippen molar-refractivity contribution in [3.05, 3.63) is 93.2 Å². The molecular weight excluding hydrogens is 422 g/mol. The van der Waals surface area contributed by atoms with Crippen molar-refractivity contribution >= 4 is 28.8 Å². The van der Waals surface area contributed by atoms with Gasteiger partial charge < -0.3 is 14.7 Å². The van der Waals surface area contributed by atoms with Crippen LogP contribution in [0.15, 0.2) is 71.6 Å². The SMILES string of the molecule is CCCOc1ccc(/C(O)=C2/C(=O)C(=O)N(Cc3cccs3)C2c2ccccc2)cc1C. The van der Waals surface area contributed by atoms with Gasteiger partial charge in [0.05, 0.1) is 24.8 Å². The number of rotatable bonds is 7. The predicted molar refractivity (Wildman–Crippen MR) is 126 cm³/mol. The Morgan fingerprint density at radius 2 is 1.88 bits per heavy atom. The fourth-order valence-electron chi connectivity index (χ4n) is 3.92. The van der Waals surface area contributed by atoms with Crippen LogP contribution >= 0.6 is 11.3 Å². The third-order valence-electron chi connectivity index (χ3n) is 5.47. The third-order valence-corrected chi connectivity index (χ3v) is 6.33. The highest BCUT2D eigenvalue weighted by atomic mass is 32.1. The van der Waals surface area contributed by atoms with E-state index in [0.29, 0.717) is 18.7 Å². The second-order valence-corrected chi connectivity index (χ2v) is 8.78. The minimum atomic E-state index is -0.670. The Morgan fingerprint density at radius 3 is 2.53 bits per heavy atom. The zero-order chi connectivity index (χ0) is 22.7. The van der Waals surface area contributed by atoms with Crippen molar-refractivity contribution in [2.24, 2.45) is 0 Å². The number of aliphatic hydroxyl groups is 1. The van der Waals surface area contributed by atoms with E-state index in [2.05, 4.69) is 0 Å². The molecule has 2 aromatic carbocycles. The van der Waals surface area contributed by atoms with Crippen LogP contribution in [0.2, 0.25) is 0 Å². The molecule has 0 bridgehead atoms. The van der Waals surface area contributed by atoms with Gasteiger partial charge in [-0.3, -0.25) is 9.59 Å². The number of ketones is 1. The summed E-state index contributed by atoms with van der Waals surface area (Å²) < 4.78 is 5.72. The Morgan fingerprint density at radius 1 is 1.09 bits per heavy atom. The van der Waals surface area contributed by atoms with Gasteiger partial charge in [-0.2, -0.15) is 0 Å². The number of carbonyl (C=O) groups is 2. The number of nitrogens with zero attached hydrogens (tertiary/aromatic N) is 1. The fourth-order valence-corrected chi connectivity index (χ4v) is 4.62. The Balaban J connectivity index is 1.79. The molecule has 1 amide bonds. The summed E-state index contributed by atoms with van der Waals surface area (Å²) in [5.74, 6) is -0.706. The molecule has 5 nitrogen and oxygen atoms in total. The van der Waals surface area contributed by atoms with Gasteiger partial charge in [0.1, 0.15) is 11.5 Å². The minimum Gasteiger partial charge on any atom is -0.507 e. The molecule has 1 unspecified atom stereocenters. The number of carbonyl (C=O) groups excluding carboxylic acids is 2. The van der Waals surface area contributed by atoms with E-state index < -0.39 is 17.7 Å². The Hall–Kier alpha value is -3.38. The van der Waals surface area contributed by atoms with Gasteiger partial charge >= 0.3 is 0 Å². The summed E-state index contributed by atoms with van der Waals surface area (Å²) in [5.41, 5.74) is 2.23. The van der Waals surface area contributed by atoms with Gasteiger partial charge in [0.25, 0.3) is 11.7 Å². The first kappa shape index (κ1) is 21.8. The van der Waals surface area contributed by atoms with E-state index in [0.717, 1.165) is 28.2 Å². The number of benzene rings is 2. The topological polar surface area (TPSA) is 66.8 Å². The maximum absolute atomic E-state index is 13.1. The van der Waals surface area contributed by atoms with Crippen molar-refractivity contribution in [3.8, 4) is 5.75 Å². The van der Waals surface area contributed by atoms with E-state index in [9.17, 15) is 14.7 Å². The number of thiophene rings is 1. The maximum atomic E-state index is 13.1. The normalized spacial score (nSPS) is 17.7. The average Bonchev–Trinajstić information content (AvgIpc) is 3.41. The molecule has 32 heavy (non-hydrogen) atoms. The highest BCUT2D eigenvalue weighted by Gasteiger charge is 2.46. The molecule has 6 heteroatoms. The number of hydrogen-bond donors (Lipinski definition) is 1. The lowest BCUT2D eigenvalue weighted by molar-refractivity contribution is -0.140. The molecule has 0 spiro atoms. The monoisotopic (exact) mass is 447 g/mol. The summed E-state index contributed by atoms with van der Waals surface area (Å²) in [6.45, 7) is 4.84. The standard InChI is InChI=1S/C26H25NO4S/c1-3-13-31-21-12-11-19(15-17(21)2)24(28)22-23(18-8-5-4-6-9-18)27(26(30)25(22)29)16-20-10-7-14-32-20/h4-12,14-15,23,28H,3,13,16H2,1-2H3/b24-22-. The molecule has 1 N–H and O–H groups in total. The zero-order valence-corrected chi connectivity index (χ0v) is 18.9. The van der Waals surface area contributed by atoms with E-state index >= 15 is 0 Å². The van der Waals surface area contributed by atoms with E-state index in [1.165, 1.54) is 11.3 Å². The third kappa shape index (κ3) is 4.18. The van der Waals surface area contributed by atoms with Crippen LogP contribution in [0.3, 0.4) is 0 Å². The molecule has 0 saturated carbocycles. The molecule has 2 heterocycles. The first-order chi connectivity index (χ1) is 15.5. The van der Waals surface area contributed by atoms with Gasteiger partial charge in [0.2, 0.25) is 0 Å². The molecule has 1 saturated heterocycles. The number of amides is 1. The predicted octanol–water partition coefficient (Wildman–Crippen LogP) is 5.47. The molecule has 1 aliphatic heterocycles. The van der Waals surface area contributed by atoms with Crippen LogP contribution in [-0.2, 0) is 16.1 Å². The van der Waals surface area contributed by atoms with Crippen LogP contribution < -0.4 is 4.74 Å². The summed E-state index contributed by atoms with van der Waals surface area (Å²) in [4.78, 5) is 28.6. The van der Waals surface area contributed by atoms with Crippen molar-refractivity contribution < 1.29 is 19.4 Å². The highest BCUT2D eigenvalue weighted by molar-refractivity contribution is 7.09. The molecule has 4 rings (SSSR count). The minimum absolute atomic E-state index is 0.111. The molecule has 0 aliphatic carbocycles. The van der Waals surface area contributed by atoms with E-state index in [1.807, 2.05) is 61.7 Å². The molecule has 0 radical (unpaired) electrons. The van der Waals surface area contributed by atoms with Crippen molar-refractivity contribution in [2.75, 3.05) is 6.61 Å². The lowest BCUT2D eigenvalue weighted by atomic mass is 9.95. The average molecular weight is 448 g/mol. The largest absolute Gasteiger partial charge is 0.507 e. The summed E-state index contributed by atoms with van der Waals surface area (Å²) in [5, 5.41) is 13.2. The van der Waals surface area contributed by atoms with E-state index in [4.69, 9.17) is 4.74 Å².